The normalized spacial score (nSPS) is 18.8. The van der Waals surface area contributed by atoms with E-state index < -0.39 is 0 Å². The highest BCUT2D eigenvalue weighted by Gasteiger charge is 2.23. The number of rotatable bonds is 6. The van der Waals surface area contributed by atoms with Crippen LogP contribution in [-0.2, 0) is 11.3 Å². The van der Waals surface area contributed by atoms with Crippen molar-refractivity contribution in [3.05, 3.63) is 60.2 Å². The van der Waals surface area contributed by atoms with E-state index in [0.717, 1.165) is 77.4 Å². The minimum atomic E-state index is 0.444. The predicted molar refractivity (Wildman–Crippen MR) is 131 cm³/mol. The summed E-state index contributed by atoms with van der Waals surface area (Å²) in [7, 11) is 0. The zero-order chi connectivity index (χ0) is 22.0. The van der Waals surface area contributed by atoms with Gasteiger partial charge in [-0.2, -0.15) is 0 Å². The maximum atomic E-state index is 5.66. The van der Waals surface area contributed by atoms with Crippen LogP contribution in [0, 0.1) is 0 Å². The third-order valence-corrected chi connectivity index (χ3v) is 7.45. The van der Waals surface area contributed by atoms with Crippen molar-refractivity contribution < 1.29 is 4.74 Å². The summed E-state index contributed by atoms with van der Waals surface area (Å²) in [5, 5.41) is 4.36. The molecule has 0 bridgehead atoms. The Morgan fingerprint density at radius 2 is 2.03 bits per heavy atom. The van der Waals surface area contributed by atoms with Gasteiger partial charge in [-0.05, 0) is 56.1 Å². The lowest BCUT2D eigenvalue weighted by molar-refractivity contribution is 0.193. The number of nitrogens with zero attached hydrogens (tertiary/aromatic N) is 5. The highest BCUT2D eigenvalue weighted by Crippen LogP contribution is 2.32. The molecule has 6 heterocycles. The second-order valence-electron chi connectivity index (χ2n) is 8.70. The fourth-order valence-electron chi connectivity index (χ4n) is 4.66. The second-order valence-corrected chi connectivity index (χ2v) is 9.73. The Labute approximate surface area is 196 Å². The Morgan fingerprint density at radius 1 is 1.09 bits per heavy atom. The number of pyridine rings is 3. The molecule has 2 aliphatic rings. The van der Waals surface area contributed by atoms with Crippen LogP contribution >= 0.6 is 11.3 Å². The topological polar surface area (TPSA) is 76.1 Å². The highest BCUT2D eigenvalue weighted by molar-refractivity contribution is 7.21. The van der Waals surface area contributed by atoms with Gasteiger partial charge in [0.15, 0.2) is 0 Å². The first kappa shape index (κ1) is 20.7. The van der Waals surface area contributed by atoms with E-state index in [1.54, 1.807) is 17.5 Å². The molecule has 0 radical (unpaired) electrons. The van der Waals surface area contributed by atoms with Crippen molar-refractivity contribution in [2.24, 2.45) is 0 Å². The van der Waals surface area contributed by atoms with Gasteiger partial charge in [-0.1, -0.05) is 6.07 Å². The molecule has 2 aliphatic heterocycles. The van der Waals surface area contributed by atoms with Crippen LogP contribution in [0.1, 0.15) is 36.4 Å². The van der Waals surface area contributed by atoms with Gasteiger partial charge < -0.3 is 10.1 Å². The van der Waals surface area contributed by atoms with Gasteiger partial charge in [-0.3, -0.25) is 9.88 Å². The Bertz CT molecular complexity index is 1250. The highest BCUT2D eigenvalue weighted by atomic mass is 32.1. The molecule has 7 nitrogen and oxygen atoms in total. The summed E-state index contributed by atoms with van der Waals surface area (Å²) >= 11 is 1.63. The van der Waals surface area contributed by atoms with Gasteiger partial charge in [0.2, 0.25) is 0 Å². The minimum Gasteiger partial charge on any atom is -0.381 e. The molecule has 0 amide bonds. The lowest BCUT2D eigenvalue weighted by Gasteiger charge is -2.20. The Morgan fingerprint density at radius 3 is 2.85 bits per heavy atom. The van der Waals surface area contributed by atoms with Crippen molar-refractivity contribution in [3.8, 4) is 10.6 Å². The summed E-state index contributed by atoms with van der Waals surface area (Å²) in [4.78, 5) is 21.2. The molecule has 1 atom stereocenters. The third kappa shape index (κ3) is 4.46. The van der Waals surface area contributed by atoms with Gasteiger partial charge in [0.1, 0.15) is 16.6 Å². The number of nitrogens with one attached hydrogen (secondary N) is 1. The first-order valence-corrected chi connectivity index (χ1v) is 12.4. The van der Waals surface area contributed by atoms with E-state index >= 15 is 0 Å². The Balaban J connectivity index is 1.27. The molecule has 0 saturated carbocycles. The van der Waals surface area contributed by atoms with Crippen LogP contribution in [-0.4, -0.2) is 51.1 Å². The van der Waals surface area contributed by atoms with E-state index in [-0.39, 0.29) is 0 Å². The molecular formula is C25H26N6OS. The average molecular weight is 459 g/mol. The zero-order valence-electron chi connectivity index (χ0n) is 18.4. The largest absolute Gasteiger partial charge is 0.381 e. The smallest absolute Gasteiger partial charge is 0.133 e. The van der Waals surface area contributed by atoms with Crippen LogP contribution in [0.4, 0.5) is 11.6 Å². The van der Waals surface area contributed by atoms with Crippen LogP contribution in [0.15, 0.2) is 48.9 Å². The first-order chi connectivity index (χ1) is 16.3. The second kappa shape index (κ2) is 9.13. The maximum absolute atomic E-state index is 5.66. The minimum absolute atomic E-state index is 0.444. The number of ether oxygens (including phenoxy) is 1. The summed E-state index contributed by atoms with van der Waals surface area (Å²) < 4.78 is 6.71. The van der Waals surface area contributed by atoms with Crippen molar-refractivity contribution >= 4 is 33.2 Å². The summed E-state index contributed by atoms with van der Waals surface area (Å²) in [5.74, 6) is 2.02. The van der Waals surface area contributed by atoms with E-state index in [2.05, 4.69) is 32.3 Å². The van der Waals surface area contributed by atoms with E-state index in [1.807, 2.05) is 30.6 Å². The summed E-state index contributed by atoms with van der Waals surface area (Å²) in [6.07, 6.45) is 9.12. The van der Waals surface area contributed by atoms with Crippen LogP contribution < -0.4 is 5.32 Å². The number of aromatic nitrogens is 4. The fourth-order valence-corrected chi connectivity index (χ4v) is 5.56. The van der Waals surface area contributed by atoms with E-state index in [0.29, 0.717) is 5.92 Å². The Hall–Kier alpha value is -2.94. The first-order valence-electron chi connectivity index (χ1n) is 11.6. The SMILES string of the molecule is c1cncc(-c2nc3cc(Nc4ccc([C@H]5CCOC5)c(CN5CCCC5)n4)ncc3s2)c1. The van der Waals surface area contributed by atoms with Crippen molar-refractivity contribution in [2.45, 2.75) is 31.7 Å². The molecule has 4 aromatic rings. The van der Waals surface area contributed by atoms with Crippen molar-refractivity contribution in [2.75, 3.05) is 31.6 Å². The standard InChI is InChI=1S/C25H26N6OS/c1-2-10-31(9-1)15-21-19(18-7-11-32-16-18)5-6-23(28-21)30-24-12-20-22(14-27-24)33-25(29-20)17-4-3-8-26-13-17/h3-6,8,12-14,18H,1-2,7,9-11,15-16H2,(H,27,28,30)/t18-/m0/s1. The van der Waals surface area contributed by atoms with E-state index in [1.165, 1.54) is 18.4 Å². The molecule has 4 aromatic heterocycles. The maximum Gasteiger partial charge on any atom is 0.133 e. The van der Waals surface area contributed by atoms with Crippen LogP contribution in [0.5, 0.6) is 0 Å². The van der Waals surface area contributed by atoms with Gasteiger partial charge in [0.25, 0.3) is 0 Å². The summed E-state index contributed by atoms with van der Waals surface area (Å²) in [6, 6.07) is 10.2. The molecule has 1 N–H and O–H groups in total. The molecule has 2 fully saturated rings. The van der Waals surface area contributed by atoms with Crippen LogP contribution in [0.3, 0.4) is 0 Å². The molecular weight excluding hydrogens is 432 g/mol. The number of thiazole rings is 1. The molecule has 168 valence electrons. The van der Waals surface area contributed by atoms with Gasteiger partial charge in [-0.15, -0.1) is 11.3 Å². The number of anilines is 2. The van der Waals surface area contributed by atoms with Crippen LogP contribution in [0.2, 0.25) is 0 Å². The average Bonchev–Trinajstić information content (AvgIpc) is 3.62. The van der Waals surface area contributed by atoms with E-state index in [4.69, 9.17) is 14.7 Å². The molecule has 0 spiro atoms. The molecule has 8 heteroatoms. The summed E-state index contributed by atoms with van der Waals surface area (Å²) in [6.45, 7) is 4.84. The van der Waals surface area contributed by atoms with E-state index in [9.17, 15) is 0 Å². The monoisotopic (exact) mass is 458 g/mol. The van der Waals surface area contributed by atoms with Crippen molar-refractivity contribution in [3.63, 3.8) is 0 Å². The number of hydrogen-bond acceptors (Lipinski definition) is 8. The zero-order valence-corrected chi connectivity index (χ0v) is 19.2. The fraction of sp³-hybridized carbons (Fsp3) is 0.360. The lowest BCUT2D eigenvalue weighted by atomic mass is 9.96. The predicted octanol–water partition coefficient (Wildman–Crippen LogP) is 4.99. The molecule has 0 aliphatic carbocycles. The molecule has 6 rings (SSSR count). The van der Waals surface area contributed by atoms with Gasteiger partial charge in [0.05, 0.1) is 22.5 Å². The quantitative estimate of drug-likeness (QED) is 0.436. The van der Waals surface area contributed by atoms with Crippen molar-refractivity contribution in [1.82, 2.24) is 24.8 Å². The lowest BCUT2D eigenvalue weighted by Crippen LogP contribution is -2.21. The van der Waals surface area contributed by atoms with Gasteiger partial charge in [-0.25, -0.2) is 15.0 Å². The van der Waals surface area contributed by atoms with Gasteiger partial charge >= 0.3 is 0 Å². The molecule has 0 unspecified atom stereocenters. The summed E-state index contributed by atoms with van der Waals surface area (Å²) in [5.41, 5.74) is 4.43. The van der Waals surface area contributed by atoms with Crippen molar-refractivity contribution in [1.29, 1.82) is 0 Å². The van der Waals surface area contributed by atoms with Crippen LogP contribution in [0.25, 0.3) is 20.8 Å². The number of fused-ring (bicyclic) bond motifs is 1. The number of likely N-dealkylation sites (tertiary alicyclic amines) is 1. The molecule has 2 saturated heterocycles. The third-order valence-electron chi connectivity index (χ3n) is 6.39. The Kier molecular flexibility index (Phi) is 5.71. The number of hydrogen-bond donors (Lipinski definition) is 1. The van der Waals surface area contributed by atoms with Gasteiger partial charge in [0, 0.05) is 49.3 Å². The molecule has 33 heavy (non-hydrogen) atoms. The molecule has 0 aromatic carbocycles.